The smallest absolute Gasteiger partial charge is 0.436 e. The van der Waals surface area contributed by atoms with Crippen LogP contribution >= 0.6 is 0 Å². The van der Waals surface area contributed by atoms with Gasteiger partial charge in [-0.05, 0) is 13.5 Å². The van der Waals surface area contributed by atoms with Crippen LogP contribution in [0.5, 0.6) is 0 Å². The Morgan fingerprint density at radius 2 is 2.25 bits per heavy atom. The molecule has 2 bridgehead atoms. The molecule has 4 nitrogen and oxygen atoms in total. The van der Waals surface area contributed by atoms with E-state index in [1.54, 1.807) is 7.05 Å². The third kappa shape index (κ3) is 2.15. The van der Waals surface area contributed by atoms with E-state index in [2.05, 4.69) is 10.1 Å². The second-order valence-corrected chi connectivity index (χ2v) is 4.46. The average Bonchev–Trinajstić information content (AvgIpc) is 2.40. The van der Waals surface area contributed by atoms with Gasteiger partial charge in [-0.2, -0.15) is 13.2 Å². The van der Waals surface area contributed by atoms with Crippen LogP contribution in [-0.4, -0.2) is 48.9 Å². The van der Waals surface area contributed by atoms with Gasteiger partial charge in [0.05, 0.1) is 6.54 Å². The zero-order chi connectivity index (χ0) is 12.0. The summed E-state index contributed by atoms with van der Waals surface area (Å²) in [6.07, 6.45) is -3.76. The van der Waals surface area contributed by atoms with Gasteiger partial charge in [-0.3, -0.25) is 10.2 Å². The van der Waals surface area contributed by atoms with Crippen molar-refractivity contribution in [2.75, 3.05) is 20.1 Å². The van der Waals surface area contributed by atoms with Gasteiger partial charge in [-0.15, -0.1) is 0 Å². The Balaban J connectivity index is 2.06. The molecule has 92 valence electrons. The molecule has 0 unspecified atom stereocenters. The Bertz CT molecular complexity index is 308. The molecule has 2 aliphatic heterocycles. The molecule has 1 N–H and O–H groups in total. The van der Waals surface area contributed by atoms with Gasteiger partial charge in [0, 0.05) is 19.0 Å². The van der Waals surface area contributed by atoms with Gasteiger partial charge in [0.1, 0.15) is 0 Å². The number of hydrogen-bond donors (Lipinski definition) is 1. The van der Waals surface area contributed by atoms with Crippen molar-refractivity contribution in [3.05, 3.63) is 0 Å². The van der Waals surface area contributed by atoms with E-state index in [1.807, 2.05) is 4.90 Å². The van der Waals surface area contributed by atoms with Crippen molar-refractivity contribution in [1.29, 1.82) is 0 Å². The average molecular weight is 238 g/mol. The summed E-state index contributed by atoms with van der Waals surface area (Å²) in [6.45, 7) is 1.07. The number of nitrogens with one attached hydrogen (secondary N) is 1. The molecule has 0 amide bonds. The van der Waals surface area contributed by atoms with Gasteiger partial charge >= 0.3 is 12.1 Å². The number of nitrogens with zero attached hydrogens (tertiary/aromatic N) is 1. The van der Waals surface area contributed by atoms with Gasteiger partial charge < -0.3 is 4.74 Å². The first kappa shape index (κ1) is 11.7. The Hall–Kier alpha value is -0.820. The number of piperazine rings is 1. The highest BCUT2D eigenvalue weighted by atomic mass is 19.4. The van der Waals surface area contributed by atoms with Crippen LogP contribution in [0.15, 0.2) is 0 Å². The minimum Gasteiger partial charge on any atom is -0.436 e. The van der Waals surface area contributed by atoms with E-state index in [1.165, 1.54) is 0 Å². The van der Waals surface area contributed by atoms with Crippen LogP contribution in [0.4, 0.5) is 13.2 Å². The third-order valence-electron chi connectivity index (χ3n) is 2.94. The van der Waals surface area contributed by atoms with Crippen LogP contribution in [0, 0.1) is 0 Å². The van der Waals surface area contributed by atoms with Crippen molar-refractivity contribution in [1.82, 2.24) is 10.2 Å². The summed E-state index contributed by atoms with van der Waals surface area (Å²) in [5.41, 5.74) is -1.15. The van der Waals surface area contributed by atoms with E-state index in [0.717, 1.165) is 13.0 Å². The Kier molecular flexibility index (Phi) is 2.62. The maximum absolute atomic E-state index is 12.1. The molecule has 7 heteroatoms. The lowest BCUT2D eigenvalue weighted by Gasteiger charge is -2.38. The molecule has 0 aromatic rings. The summed E-state index contributed by atoms with van der Waals surface area (Å²) in [5.74, 6) is -2.11. The van der Waals surface area contributed by atoms with Crippen LogP contribution in [0.25, 0.3) is 0 Å². The Morgan fingerprint density at radius 1 is 1.56 bits per heavy atom. The molecule has 0 aliphatic carbocycles. The number of rotatable bonds is 1. The van der Waals surface area contributed by atoms with E-state index in [9.17, 15) is 18.0 Å². The van der Waals surface area contributed by atoms with Crippen LogP contribution in [-0.2, 0) is 9.53 Å². The number of likely N-dealkylation sites (tertiary alicyclic amines) is 1. The maximum Gasteiger partial charge on any atom is 0.490 e. The standard InChI is InChI=1S/C9H13F3N2O2/c1-14-4-6-2-3-8(5-14,13-6)16-7(15)9(10,11)12/h6,13H,2-5H2,1H3/t6-,8+/m0/s1. The van der Waals surface area contributed by atoms with E-state index in [4.69, 9.17) is 0 Å². The van der Waals surface area contributed by atoms with Gasteiger partial charge in [0.2, 0.25) is 0 Å². The van der Waals surface area contributed by atoms with Gasteiger partial charge in [-0.1, -0.05) is 0 Å². The molecule has 16 heavy (non-hydrogen) atoms. The number of hydrogen-bond acceptors (Lipinski definition) is 4. The second-order valence-electron chi connectivity index (χ2n) is 4.46. The van der Waals surface area contributed by atoms with Crippen molar-refractivity contribution in [2.45, 2.75) is 30.8 Å². The molecule has 0 saturated carbocycles. The fraction of sp³-hybridized carbons (Fsp3) is 0.889. The lowest BCUT2D eigenvalue weighted by molar-refractivity contribution is -0.218. The molecule has 2 heterocycles. The molecule has 2 atom stereocenters. The highest BCUT2D eigenvalue weighted by Gasteiger charge is 2.51. The molecule has 0 aromatic heterocycles. The predicted octanol–water partition coefficient (Wildman–Crippen LogP) is 0.486. The van der Waals surface area contributed by atoms with E-state index in [0.29, 0.717) is 13.0 Å². The quantitative estimate of drug-likeness (QED) is 0.675. The molecule has 2 fully saturated rings. The summed E-state index contributed by atoms with van der Waals surface area (Å²) in [7, 11) is 1.80. The summed E-state index contributed by atoms with van der Waals surface area (Å²) in [5, 5.41) is 2.95. The summed E-state index contributed by atoms with van der Waals surface area (Å²) >= 11 is 0. The molecular weight excluding hydrogens is 225 g/mol. The molecule has 0 spiro atoms. The van der Waals surface area contributed by atoms with E-state index < -0.39 is 17.9 Å². The van der Waals surface area contributed by atoms with E-state index >= 15 is 0 Å². The number of esters is 1. The number of ether oxygens (including phenoxy) is 1. The summed E-state index contributed by atoms with van der Waals surface area (Å²) in [6, 6.07) is 0.111. The van der Waals surface area contributed by atoms with Crippen molar-refractivity contribution in [2.24, 2.45) is 0 Å². The van der Waals surface area contributed by atoms with Gasteiger partial charge in [0.25, 0.3) is 0 Å². The largest absolute Gasteiger partial charge is 0.490 e. The first-order valence-electron chi connectivity index (χ1n) is 5.07. The van der Waals surface area contributed by atoms with E-state index in [-0.39, 0.29) is 6.04 Å². The molecular formula is C9H13F3N2O2. The Labute approximate surface area is 90.7 Å². The number of halogens is 3. The lowest BCUT2D eigenvalue weighted by atomic mass is 10.1. The first-order chi connectivity index (χ1) is 7.31. The monoisotopic (exact) mass is 238 g/mol. The predicted molar refractivity (Wildman–Crippen MR) is 48.5 cm³/mol. The van der Waals surface area contributed by atoms with Crippen LogP contribution < -0.4 is 5.32 Å². The molecule has 2 saturated heterocycles. The number of alkyl halides is 3. The highest BCUT2D eigenvalue weighted by Crippen LogP contribution is 2.32. The number of carbonyl (C=O) groups is 1. The van der Waals surface area contributed by atoms with Crippen LogP contribution in [0.2, 0.25) is 0 Å². The second kappa shape index (κ2) is 3.59. The fourth-order valence-electron chi connectivity index (χ4n) is 2.41. The van der Waals surface area contributed by atoms with Crippen molar-refractivity contribution in [3.63, 3.8) is 0 Å². The minimum absolute atomic E-state index is 0.111. The van der Waals surface area contributed by atoms with Crippen molar-refractivity contribution >= 4 is 5.97 Å². The Morgan fingerprint density at radius 3 is 2.88 bits per heavy atom. The van der Waals surface area contributed by atoms with Crippen LogP contribution in [0.3, 0.4) is 0 Å². The number of carbonyl (C=O) groups excluding carboxylic acids is 1. The van der Waals surface area contributed by atoms with Crippen molar-refractivity contribution in [3.8, 4) is 0 Å². The van der Waals surface area contributed by atoms with Crippen molar-refractivity contribution < 1.29 is 22.7 Å². The zero-order valence-electron chi connectivity index (χ0n) is 8.80. The SMILES string of the molecule is CN1C[C@@H]2CC[C@@](OC(=O)C(F)(F)F)(C1)N2. The normalized spacial score (nSPS) is 35.1. The molecule has 0 aromatic carbocycles. The topological polar surface area (TPSA) is 41.6 Å². The first-order valence-corrected chi connectivity index (χ1v) is 5.07. The minimum atomic E-state index is -4.93. The maximum atomic E-state index is 12.1. The van der Waals surface area contributed by atoms with Gasteiger partial charge in [-0.25, -0.2) is 4.79 Å². The highest BCUT2D eigenvalue weighted by molar-refractivity contribution is 5.76. The fourth-order valence-corrected chi connectivity index (χ4v) is 2.41. The molecule has 2 rings (SSSR count). The zero-order valence-corrected chi connectivity index (χ0v) is 8.80. The lowest BCUT2D eigenvalue weighted by Crippen LogP contribution is -2.61. The molecule has 0 radical (unpaired) electrons. The number of likely N-dealkylation sites (N-methyl/N-ethyl adjacent to an activating group) is 1. The number of fused-ring (bicyclic) bond motifs is 2. The summed E-state index contributed by atoms with van der Waals surface area (Å²) < 4.78 is 40.9. The summed E-state index contributed by atoms with van der Waals surface area (Å²) in [4.78, 5) is 12.7. The van der Waals surface area contributed by atoms with Crippen LogP contribution in [0.1, 0.15) is 12.8 Å². The third-order valence-corrected chi connectivity index (χ3v) is 2.94. The molecule has 2 aliphatic rings. The van der Waals surface area contributed by atoms with Gasteiger partial charge in [0.15, 0.2) is 5.72 Å².